The summed E-state index contributed by atoms with van der Waals surface area (Å²) in [6.45, 7) is 0. The van der Waals surface area contributed by atoms with Gasteiger partial charge in [-0.2, -0.15) is 10.5 Å². The van der Waals surface area contributed by atoms with E-state index in [-0.39, 0.29) is 34.6 Å². The number of pyridine rings is 1. The van der Waals surface area contributed by atoms with Crippen LogP contribution in [0.5, 0.6) is 11.5 Å². The van der Waals surface area contributed by atoms with Crippen molar-refractivity contribution in [2.45, 2.75) is 6.04 Å². The van der Waals surface area contributed by atoms with E-state index in [0.717, 1.165) is 0 Å². The number of hydrogen-bond donors (Lipinski definition) is 4. The average Bonchev–Trinajstić information content (AvgIpc) is 2.73. The number of nitrogen functional groups attached to an aromatic ring is 2. The van der Waals surface area contributed by atoms with Crippen LogP contribution < -0.4 is 31.6 Å². The lowest BCUT2D eigenvalue weighted by Gasteiger charge is -2.27. The summed E-state index contributed by atoms with van der Waals surface area (Å²) >= 11 is 0. The number of nitriles is 2. The highest BCUT2D eigenvalue weighted by Crippen LogP contribution is 2.44. The number of carbonyl (C=O) groups is 1. The van der Waals surface area contributed by atoms with E-state index in [0.29, 0.717) is 16.9 Å². The number of nitrogens with two attached hydrogens (primary N) is 2. The number of ether oxygens (including phenoxy) is 3. The molecule has 0 bridgehead atoms. The maximum atomic E-state index is 11.5. The Morgan fingerprint density at radius 3 is 2.70 bits per heavy atom. The molecule has 0 radical (unpaired) electrons. The van der Waals surface area contributed by atoms with Gasteiger partial charge < -0.3 is 31.0 Å². The molecule has 152 valence electrons. The van der Waals surface area contributed by atoms with Crippen molar-refractivity contribution in [2.75, 3.05) is 31.0 Å². The van der Waals surface area contributed by atoms with Crippen molar-refractivity contribution in [3.05, 3.63) is 34.9 Å². The Morgan fingerprint density at radius 2 is 2.07 bits per heavy atom. The first kappa shape index (κ1) is 20.0. The minimum atomic E-state index is -0.909. The molecule has 0 saturated carbocycles. The third-order valence-electron chi connectivity index (χ3n) is 4.22. The number of benzene rings is 1. The predicted molar refractivity (Wildman–Crippen MR) is 105 cm³/mol. The standard InChI is InChI=1S/C18H16N8O4/c1-28-11-4-3-8(30-18(27)29-2)5-9(11)14-12-13(21)10(6-19)15(22)25-16(12)26-17(24-14)23-7-20/h3-5,14H,1-2H3,(H6,21,22,23,24,25,26). The number of guanidine groups is 1. The molecule has 12 heteroatoms. The van der Waals surface area contributed by atoms with Crippen LogP contribution in [0.2, 0.25) is 0 Å². The van der Waals surface area contributed by atoms with E-state index in [1.165, 1.54) is 26.4 Å². The van der Waals surface area contributed by atoms with Gasteiger partial charge in [-0.3, -0.25) is 5.32 Å². The van der Waals surface area contributed by atoms with E-state index in [2.05, 4.69) is 25.3 Å². The van der Waals surface area contributed by atoms with Crippen LogP contribution in [-0.2, 0) is 4.74 Å². The molecule has 0 aliphatic carbocycles. The molecule has 12 nitrogen and oxygen atoms in total. The van der Waals surface area contributed by atoms with Crippen molar-refractivity contribution < 1.29 is 19.0 Å². The molecular formula is C18H16N8O4. The van der Waals surface area contributed by atoms with Crippen LogP contribution in [0, 0.1) is 22.8 Å². The SMILES string of the molecule is COC(=O)Oc1ccc(OC)c(C2N=C(NC#N)Nc3nc(N)c(C#N)c(N)c32)c1. The smallest absolute Gasteiger partial charge is 0.496 e. The van der Waals surface area contributed by atoms with Gasteiger partial charge >= 0.3 is 6.16 Å². The fraction of sp³-hybridized carbons (Fsp3) is 0.167. The number of anilines is 3. The van der Waals surface area contributed by atoms with Crippen LogP contribution in [0.1, 0.15) is 22.7 Å². The maximum Gasteiger partial charge on any atom is 0.513 e. The number of hydrogen-bond acceptors (Lipinski definition) is 12. The van der Waals surface area contributed by atoms with Gasteiger partial charge in [-0.25, -0.2) is 14.8 Å². The summed E-state index contributed by atoms with van der Waals surface area (Å²) in [5.74, 6) is 0.758. The Hall–Kier alpha value is -4.71. The zero-order valence-electron chi connectivity index (χ0n) is 15.9. The quantitative estimate of drug-likeness (QED) is 0.247. The minimum Gasteiger partial charge on any atom is -0.496 e. The summed E-state index contributed by atoms with van der Waals surface area (Å²) in [5, 5.41) is 23.6. The van der Waals surface area contributed by atoms with Gasteiger partial charge in [-0.05, 0) is 18.2 Å². The minimum absolute atomic E-state index is 0.00613. The monoisotopic (exact) mass is 408 g/mol. The van der Waals surface area contributed by atoms with Crippen LogP contribution in [0.15, 0.2) is 23.2 Å². The average molecular weight is 408 g/mol. The molecule has 2 aromatic rings. The van der Waals surface area contributed by atoms with Crippen LogP contribution in [-0.4, -0.2) is 31.3 Å². The Bertz CT molecular complexity index is 1130. The number of carbonyl (C=O) groups excluding carboxylic acids is 1. The number of nitrogens with one attached hydrogen (secondary N) is 2. The zero-order chi connectivity index (χ0) is 21.8. The predicted octanol–water partition coefficient (Wildman–Crippen LogP) is 1.21. The molecule has 0 saturated heterocycles. The largest absolute Gasteiger partial charge is 0.513 e. The lowest BCUT2D eigenvalue weighted by molar-refractivity contribution is 0.121. The molecule has 1 aliphatic heterocycles. The number of nitrogens with zero attached hydrogens (tertiary/aromatic N) is 4. The molecule has 0 amide bonds. The molecule has 0 spiro atoms. The van der Waals surface area contributed by atoms with Gasteiger partial charge in [-0.1, -0.05) is 0 Å². The van der Waals surface area contributed by atoms with Gasteiger partial charge in [0.15, 0.2) is 6.19 Å². The van der Waals surface area contributed by atoms with Crippen molar-refractivity contribution in [1.29, 1.82) is 10.5 Å². The summed E-state index contributed by atoms with van der Waals surface area (Å²) in [6.07, 6.45) is 0.853. The highest BCUT2D eigenvalue weighted by atomic mass is 16.7. The van der Waals surface area contributed by atoms with E-state index in [1.54, 1.807) is 12.3 Å². The van der Waals surface area contributed by atoms with Gasteiger partial charge in [0.1, 0.15) is 40.8 Å². The normalized spacial score (nSPS) is 14.1. The molecule has 30 heavy (non-hydrogen) atoms. The number of rotatable bonds is 3. The molecule has 3 rings (SSSR count). The zero-order valence-corrected chi connectivity index (χ0v) is 15.9. The summed E-state index contributed by atoms with van der Waals surface area (Å²) in [7, 11) is 2.63. The lowest BCUT2D eigenvalue weighted by atomic mass is 9.94. The van der Waals surface area contributed by atoms with E-state index in [1.807, 2.05) is 6.07 Å². The fourth-order valence-corrected chi connectivity index (χ4v) is 2.93. The topological polar surface area (TPSA) is 194 Å². The Kier molecular flexibility index (Phi) is 5.42. The number of fused-ring (bicyclic) bond motifs is 1. The molecule has 1 aromatic heterocycles. The van der Waals surface area contributed by atoms with Crippen molar-refractivity contribution in [3.8, 4) is 23.8 Å². The Balaban J connectivity index is 2.24. The van der Waals surface area contributed by atoms with Gasteiger partial charge in [0.05, 0.1) is 19.9 Å². The second-order valence-electron chi connectivity index (χ2n) is 5.86. The van der Waals surface area contributed by atoms with Crippen LogP contribution in [0.3, 0.4) is 0 Å². The molecule has 1 unspecified atom stereocenters. The maximum absolute atomic E-state index is 11.5. The highest BCUT2D eigenvalue weighted by Gasteiger charge is 2.31. The third kappa shape index (κ3) is 3.53. The van der Waals surface area contributed by atoms with E-state index >= 15 is 0 Å². The van der Waals surface area contributed by atoms with Crippen molar-refractivity contribution in [3.63, 3.8) is 0 Å². The van der Waals surface area contributed by atoms with Gasteiger partial charge in [0.25, 0.3) is 0 Å². The van der Waals surface area contributed by atoms with Gasteiger partial charge in [0, 0.05) is 11.1 Å². The first-order chi connectivity index (χ1) is 14.4. The molecular weight excluding hydrogens is 392 g/mol. The summed E-state index contributed by atoms with van der Waals surface area (Å²) in [6, 6.07) is 5.63. The molecule has 0 fully saturated rings. The van der Waals surface area contributed by atoms with Crippen LogP contribution in [0.25, 0.3) is 0 Å². The van der Waals surface area contributed by atoms with E-state index < -0.39 is 12.2 Å². The first-order valence-corrected chi connectivity index (χ1v) is 8.36. The lowest BCUT2D eigenvalue weighted by Crippen LogP contribution is -2.32. The van der Waals surface area contributed by atoms with Crippen molar-refractivity contribution in [2.24, 2.45) is 4.99 Å². The highest BCUT2D eigenvalue weighted by molar-refractivity contribution is 5.98. The summed E-state index contributed by atoms with van der Waals surface area (Å²) in [5.41, 5.74) is 12.9. The third-order valence-corrected chi connectivity index (χ3v) is 4.22. The first-order valence-electron chi connectivity index (χ1n) is 8.36. The van der Waals surface area contributed by atoms with Crippen molar-refractivity contribution >= 4 is 29.4 Å². The molecule has 1 aromatic carbocycles. The Morgan fingerprint density at radius 1 is 1.30 bits per heavy atom. The van der Waals surface area contributed by atoms with Gasteiger partial charge in [0.2, 0.25) is 5.96 Å². The number of aromatic nitrogens is 1. The van der Waals surface area contributed by atoms with E-state index in [4.69, 9.17) is 26.2 Å². The second kappa shape index (κ2) is 8.12. The summed E-state index contributed by atoms with van der Waals surface area (Å²) < 4.78 is 15.0. The summed E-state index contributed by atoms with van der Waals surface area (Å²) in [4.78, 5) is 20.1. The van der Waals surface area contributed by atoms with Crippen molar-refractivity contribution in [1.82, 2.24) is 10.3 Å². The second-order valence-corrected chi connectivity index (χ2v) is 5.86. The molecule has 1 atom stereocenters. The fourth-order valence-electron chi connectivity index (χ4n) is 2.93. The number of aliphatic imine (C=N–C) groups is 1. The van der Waals surface area contributed by atoms with Gasteiger partial charge in [-0.15, -0.1) is 0 Å². The van der Waals surface area contributed by atoms with E-state index in [9.17, 15) is 10.1 Å². The Labute approximate surface area is 170 Å². The molecule has 6 N–H and O–H groups in total. The number of methoxy groups -OCH3 is 2. The molecule has 2 heterocycles. The van der Waals surface area contributed by atoms with Crippen LogP contribution >= 0.6 is 0 Å². The van der Waals surface area contributed by atoms with Crippen LogP contribution in [0.4, 0.5) is 22.1 Å². The molecule has 1 aliphatic rings.